The minimum Gasteiger partial charge on any atom is -0.379 e. The lowest BCUT2D eigenvalue weighted by molar-refractivity contribution is 0.620. The molecule has 1 fully saturated rings. The summed E-state index contributed by atoms with van der Waals surface area (Å²) in [6, 6.07) is 6.41. The summed E-state index contributed by atoms with van der Waals surface area (Å²) in [4.78, 5) is 7.27. The van der Waals surface area contributed by atoms with Crippen molar-refractivity contribution < 1.29 is 0 Å². The van der Waals surface area contributed by atoms with Crippen LogP contribution >= 0.6 is 56.9 Å². The zero-order valence-corrected chi connectivity index (χ0v) is 17.4. The van der Waals surface area contributed by atoms with Crippen LogP contribution in [0.3, 0.4) is 0 Å². The molecule has 3 aromatic heterocycles. The van der Waals surface area contributed by atoms with Crippen LogP contribution in [0, 0.1) is 3.57 Å². The van der Waals surface area contributed by atoms with Gasteiger partial charge in [0.2, 0.25) is 0 Å². The molecule has 0 aliphatic heterocycles. The van der Waals surface area contributed by atoms with E-state index in [4.69, 9.17) is 17.3 Å². The molecule has 0 spiro atoms. The number of nitrogens with one attached hydrogen (secondary N) is 1. The van der Waals surface area contributed by atoms with Gasteiger partial charge in [0.05, 0.1) is 19.5 Å². The highest BCUT2D eigenvalue weighted by atomic mass is 127. The van der Waals surface area contributed by atoms with Crippen molar-refractivity contribution >= 4 is 72.8 Å². The number of nitrogens with zero attached hydrogens (tertiary/aromatic N) is 1. The monoisotopic (exact) mass is 489 g/mol. The van der Waals surface area contributed by atoms with Crippen molar-refractivity contribution in [3.05, 3.63) is 42.1 Å². The first-order valence-corrected chi connectivity index (χ1v) is 11.1. The number of anilines is 1. The van der Waals surface area contributed by atoms with Crippen molar-refractivity contribution in [2.45, 2.75) is 37.8 Å². The van der Waals surface area contributed by atoms with Crippen molar-refractivity contribution in [2.24, 2.45) is 5.73 Å². The van der Waals surface area contributed by atoms with Crippen molar-refractivity contribution in [3.8, 4) is 0 Å². The highest BCUT2D eigenvalue weighted by Gasteiger charge is 2.30. The number of halogens is 2. The smallest absolute Gasteiger partial charge is 0.131 e. The van der Waals surface area contributed by atoms with E-state index < -0.39 is 0 Å². The molecule has 1 aliphatic rings. The molecule has 0 unspecified atom stereocenters. The third kappa shape index (κ3) is 3.19. The maximum atomic E-state index is 6.34. The van der Waals surface area contributed by atoms with Crippen molar-refractivity contribution in [3.63, 3.8) is 0 Å². The molecule has 2 atom stereocenters. The topological polar surface area (TPSA) is 50.9 Å². The standard InChI is InChI=1S/C17H17ClIN3S2/c18-13-7-12(21-8-9-3-2-6-23-9)17-15(22-13)14(19)16(24-17)10-4-1-5-11(10)20/h2-3,6-7,10-11H,1,4-5,8,20H2,(H,21,22)/t10-,11-/m1/s1. The Balaban J connectivity index is 1.73. The largest absolute Gasteiger partial charge is 0.379 e. The molecule has 0 bridgehead atoms. The SMILES string of the molecule is N[C@@H]1CCC[C@H]1c1sc2c(NCc3cccs3)cc(Cl)nc2c1I. The predicted molar refractivity (Wildman–Crippen MR) is 114 cm³/mol. The van der Waals surface area contributed by atoms with Gasteiger partial charge >= 0.3 is 0 Å². The third-order valence-electron chi connectivity index (χ3n) is 4.52. The Labute approximate surface area is 167 Å². The second kappa shape index (κ2) is 7.07. The molecule has 0 saturated heterocycles. The van der Waals surface area contributed by atoms with Crippen LogP contribution in [0.25, 0.3) is 10.2 Å². The van der Waals surface area contributed by atoms with Crippen LogP contribution < -0.4 is 11.1 Å². The van der Waals surface area contributed by atoms with Gasteiger partial charge in [0.15, 0.2) is 0 Å². The predicted octanol–water partition coefficient (Wildman–Crippen LogP) is 5.82. The van der Waals surface area contributed by atoms with Gasteiger partial charge in [0.25, 0.3) is 0 Å². The second-order valence-electron chi connectivity index (χ2n) is 6.08. The van der Waals surface area contributed by atoms with E-state index in [0.29, 0.717) is 11.1 Å². The summed E-state index contributed by atoms with van der Waals surface area (Å²) in [6.45, 7) is 0.805. The molecule has 0 amide bonds. The molecule has 3 aromatic rings. The Bertz CT molecular complexity index is 862. The van der Waals surface area contributed by atoms with E-state index in [1.807, 2.05) is 17.4 Å². The molecular formula is C17H17ClIN3S2. The fraction of sp³-hybridized carbons (Fsp3) is 0.353. The number of hydrogen-bond acceptors (Lipinski definition) is 5. The summed E-state index contributed by atoms with van der Waals surface area (Å²) in [5.74, 6) is 0.458. The van der Waals surface area contributed by atoms with E-state index in [9.17, 15) is 0 Å². The van der Waals surface area contributed by atoms with E-state index in [1.54, 1.807) is 11.3 Å². The summed E-state index contributed by atoms with van der Waals surface area (Å²) >= 11 is 12.3. The number of nitrogens with two attached hydrogens (primary N) is 1. The molecule has 0 radical (unpaired) electrons. The van der Waals surface area contributed by atoms with Gasteiger partial charge in [0.1, 0.15) is 5.15 Å². The Morgan fingerprint density at radius 1 is 1.42 bits per heavy atom. The average Bonchev–Trinajstić information content (AvgIpc) is 3.27. The van der Waals surface area contributed by atoms with Gasteiger partial charge in [-0.05, 0) is 46.9 Å². The fourth-order valence-electron chi connectivity index (χ4n) is 3.31. The molecule has 0 aromatic carbocycles. The lowest BCUT2D eigenvalue weighted by Crippen LogP contribution is -2.22. The highest BCUT2D eigenvalue weighted by molar-refractivity contribution is 14.1. The first-order chi connectivity index (χ1) is 11.6. The van der Waals surface area contributed by atoms with Crippen molar-refractivity contribution in [1.82, 2.24) is 4.98 Å². The quantitative estimate of drug-likeness (QED) is 0.358. The van der Waals surface area contributed by atoms with Crippen LogP contribution in [0.15, 0.2) is 23.6 Å². The fourth-order valence-corrected chi connectivity index (χ4v) is 6.78. The molecular weight excluding hydrogens is 473 g/mol. The van der Waals surface area contributed by atoms with Crippen molar-refractivity contribution in [1.29, 1.82) is 0 Å². The minimum absolute atomic E-state index is 0.268. The molecule has 24 heavy (non-hydrogen) atoms. The number of rotatable bonds is 4. The van der Waals surface area contributed by atoms with Gasteiger partial charge in [-0.2, -0.15) is 0 Å². The zero-order chi connectivity index (χ0) is 16.7. The summed E-state index contributed by atoms with van der Waals surface area (Å²) in [5.41, 5.74) is 8.41. The van der Waals surface area contributed by atoms with E-state index in [1.165, 1.54) is 30.9 Å². The molecule has 4 rings (SSSR count). The Morgan fingerprint density at radius 2 is 2.29 bits per heavy atom. The van der Waals surface area contributed by atoms with E-state index >= 15 is 0 Å². The Kier molecular flexibility index (Phi) is 5.02. The maximum absolute atomic E-state index is 6.34. The number of thiophene rings is 2. The first kappa shape index (κ1) is 17.0. The van der Waals surface area contributed by atoms with Gasteiger partial charge in [-0.15, -0.1) is 22.7 Å². The van der Waals surface area contributed by atoms with Gasteiger partial charge in [-0.25, -0.2) is 4.98 Å². The van der Waals surface area contributed by atoms with Crippen LogP contribution in [0.4, 0.5) is 5.69 Å². The van der Waals surface area contributed by atoms with Crippen LogP contribution in [0.5, 0.6) is 0 Å². The highest BCUT2D eigenvalue weighted by Crippen LogP contribution is 2.45. The Morgan fingerprint density at radius 3 is 3.00 bits per heavy atom. The van der Waals surface area contributed by atoms with Gasteiger partial charge < -0.3 is 11.1 Å². The molecule has 1 saturated carbocycles. The summed E-state index contributed by atoms with van der Waals surface area (Å²) in [6.07, 6.45) is 3.51. The summed E-state index contributed by atoms with van der Waals surface area (Å²) in [5, 5.41) is 6.17. The number of pyridine rings is 1. The van der Waals surface area contributed by atoms with Crippen LogP contribution in [-0.4, -0.2) is 11.0 Å². The van der Waals surface area contributed by atoms with Gasteiger partial charge in [-0.1, -0.05) is 24.1 Å². The zero-order valence-electron chi connectivity index (χ0n) is 12.9. The molecule has 3 nitrogen and oxygen atoms in total. The van der Waals surface area contributed by atoms with E-state index in [0.717, 1.165) is 24.2 Å². The number of hydrogen-bond donors (Lipinski definition) is 2. The van der Waals surface area contributed by atoms with Crippen LogP contribution in [-0.2, 0) is 6.54 Å². The molecule has 7 heteroatoms. The van der Waals surface area contributed by atoms with Gasteiger partial charge in [-0.3, -0.25) is 0 Å². The van der Waals surface area contributed by atoms with Gasteiger partial charge in [0, 0.05) is 34.3 Å². The van der Waals surface area contributed by atoms with E-state index in [2.05, 4.69) is 50.4 Å². The average molecular weight is 490 g/mol. The first-order valence-electron chi connectivity index (χ1n) is 7.93. The summed E-state index contributed by atoms with van der Waals surface area (Å²) in [7, 11) is 0. The Hall–Kier alpha value is -0.410. The van der Waals surface area contributed by atoms with Crippen molar-refractivity contribution in [2.75, 3.05) is 5.32 Å². The maximum Gasteiger partial charge on any atom is 0.131 e. The lowest BCUT2D eigenvalue weighted by Gasteiger charge is -2.13. The third-order valence-corrected chi connectivity index (χ3v) is 8.39. The molecule has 126 valence electrons. The van der Waals surface area contributed by atoms with E-state index in [-0.39, 0.29) is 6.04 Å². The molecule has 3 N–H and O–H groups in total. The molecule has 1 aliphatic carbocycles. The number of fused-ring (bicyclic) bond motifs is 1. The normalized spacial score (nSPS) is 20.8. The van der Waals surface area contributed by atoms with Crippen LogP contribution in [0.2, 0.25) is 5.15 Å². The minimum atomic E-state index is 0.268. The lowest BCUT2D eigenvalue weighted by atomic mass is 10.0. The second-order valence-corrected chi connectivity index (χ2v) is 9.64. The summed E-state index contributed by atoms with van der Waals surface area (Å²) < 4.78 is 2.41. The number of aromatic nitrogens is 1. The van der Waals surface area contributed by atoms with Crippen LogP contribution in [0.1, 0.15) is 34.9 Å². The molecule has 3 heterocycles.